The van der Waals surface area contributed by atoms with E-state index >= 15 is 0 Å². The van der Waals surface area contributed by atoms with E-state index in [0.29, 0.717) is 35.5 Å². The summed E-state index contributed by atoms with van der Waals surface area (Å²) in [6.45, 7) is 0.492. The summed E-state index contributed by atoms with van der Waals surface area (Å²) in [4.78, 5) is 24.9. The lowest BCUT2D eigenvalue weighted by molar-refractivity contribution is -0.111. The van der Waals surface area contributed by atoms with Crippen LogP contribution < -0.4 is 9.62 Å². The molecule has 4 rings (SSSR count). The third-order valence-corrected chi connectivity index (χ3v) is 7.01. The van der Waals surface area contributed by atoms with E-state index in [2.05, 4.69) is 5.32 Å². The average Bonchev–Trinajstić information content (AvgIpc) is 3.17. The van der Waals surface area contributed by atoms with Gasteiger partial charge in [0.1, 0.15) is 0 Å². The molecular formula is C25H22N2O4S. The monoisotopic (exact) mass is 446 g/mol. The Morgan fingerprint density at radius 2 is 1.59 bits per heavy atom. The van der Waals surface area contributed by atoms with Crippen LogP contribution in [-0.4, -0.2) is 32.4 Å². The lowest BCUT2D eigenvalue weighted by atomic mass is 10.0. The summed E-state index contributed by atoms with van der Waals surface area (Å²) >= 11 is 0. The van der Waals surface area contributed by atoms with Gasteiger partial charge in [-0.15, -0.1) is 0 Å². The van der Waals surface area contributed by atoms with Crippen LogP contribution in [0.15, 0.2) is 84.9 Å². The molecule has 7 heteroatoms. The highest BCUT2D eigenvalue weighted by atomic mass is 32.2. The standard InChI is InChI=1S/C25H22N2O4S/c28-24(15-12-19-10-13-23(14-11-19)27-16-5-17-32(27,30)31)26-22-9-4-8-21(18-22)25(29)20-6-2-1-3-7-20/h1-4,6-15,18H,5,16-17H2,(H,26,28)/b15-12+. The normalized spacial score (nSPS) is 15.1. The second-order valence-corrected chi connectivity index (χ2v) is 9.44. The van der Waals surface area contributed by atoms with Crippen molar-refractivity contribution in [3.8, 4) is 0 Å². The van der Waals surface area contributed by atoms with Crippen molar-refractivity contribution < 1.29 is 18.0 Å². The Bertz CT molecular complexity index is 1270. The van der Waals surface area contributed by atoms with Gasteiger partial charge in [-0.05, 0) is 42.3 Å². The van der Waals surface area contributed by atoms with Crippen molar-refractivity contribution in [2.24, 2.45) is 0 Å². The Hall–Kier alpha value is -3.71. The second kappa shape index (κ2) is 9.20. The van der Waals surface area contributed by atoms with Crippen LogP contribution in [0.25, 0.3) is 6.08 Å². The van der Waals surface area contributed by atoms with Crippen LogP contribution in [-0.2, 0) is 14.8 Å². The number of carbonyl (C=O) groups is 2. The van der Waals surface area contributed by atoms with E-state index in [1.807, 2.05) is 6.07 Å². The molecule has 3 aromatic rings. The van der Waals surface area contributed by atoms with Crippen molar-refractivity contribution in [1.82, 2.24) is 0 Å². The van der Waals surface area contributed by atoms with Crippen LogP contribution in [0.1, 0.15) is 27.9 Å². The maximum Gasteiger partial charge on any atom is 0.248 e. The number of ketones is 1. The molecule has 0 aliphatic carbocycles. The highest BCUT2D eigenvalue weighted by Gasteiger charge is 2.28. The smallest absolute Gasteiger partial charge is 0.248 e. The van der Waals surface area contributed by atoms with Gasteiger partial charge in [-0.1, -0.05) is 54.6 Å². The summed E-state index contributed by atoms with van der Waals surface area (Å²) in [5, 5.41) is 2.76. The number of benzene rings is 3. The van der Waals surface area contributed by atoms with Crippen LogP contribution in [0.3, 0.4) is 0 Å². The minimum atomic E-state index is -3.21. The molecule has 32 heavy (non-hydrogen) atoms. The summed E-state index contributed by atoms with van der Waals surface area (Å²) in [7, 11) is -3.21. The van der Waals surface area contributed by atoms with Crippen LogP contribution in [0.4, 0.5) is 11.4 Å². The quantitative estimate of drug-likeness (QED) is 0.456. The first kappa shape index (κ1) is 21.5. The lowest BCUT2D eigenvalue weighted by Crippen LogP contribution is -2.24. The molecule has 162 valence electrons. The highest BCUT2D eigenvalue weighted by molar-refractivity contribution is 7.93. The third kappa shape index (κ3) is 4.95. The zero-order valence-corrected chi connectivity index (χ0v) is 18.1. The first-order valence-corrected chi connectivity index (χ1v) is 11.8. The Morgan fingerprint density at radius 3 is 2.28 bits per heavy atom. The average molecular weight is 447 g/mol. The van der Waals surface area contributed by atoms with E-state index in [1.54, 1.807) is 78.9 Å². The Morgan fingerprint density at radius 1 is 0.875 bits per heavy atom. The molecule has 0 spiro atoms. The largest absolute Gasteiger partial charge is 0.322 e. The zero-order valence-electron chi connectivity index (χ0n) is 17.3. The number of hydrogen-bond donors (Lipinski definition) is 1. The molecule has 1 fully saturated rings. The van der Waals surface area contributed by atoms with E-state index in [9.17, 15) is 18.0 Å². The minimum absolute atomic E-state index is 0.114. The molecule has 1 saturated heterocycles. The fraction of sp³-hybridized carbons (Fsp3) is 0.120. The number of amides is 1. The van der Waals surface area contributed by atoms with E-state index in [-0.39, 0.29) is 17.4 Å². The van der Waals surface area contributed by atoms with Crippen LogP contribution in [0, 0.1) is 0 Å². The Labute approximate surface area is 187 Å². The van der Waals surface area contributed by atoms with Gasteiger partial charge in [-0.3, -0.25) is 13.9 Å². The van der Waals surface area contributed by atoms with Crippen LogP contribution in [0.5, 0.6) is 0 Å². The van der Waals surface area contributed by atoms with Gasteiger partial charge in [0.25, 0.3) is 0 Å². The summed E-state index contributed by atoms with van der Waals surface area (Å²) in [6.07, 6.45) is 3.67. The Balaban J connectivity index is 1.40. The molecule has 0 bridgehead atoms. The van der Waals surface area contributed by atoms with Gasteiger partial charge in [0.2, 0.25) is 15.9 Å². The number of sulfonamides is 1. The molecule has 1 N–H and O–H groups in total. The molecule has 1 amide bonds. The molecule has 6 nitrogen and oxygen atoms in total. The van der Waals surface area contributed by atoms with Gasteiger partial charge in [0.05, 0.1) is 11.4 Å². The number of rotatable bonds is 6. The maximum atomic E-state index is 12.6. The van der Waals surface area contributed by atoms with Gasteiger partial charge in [0, 0.05) is 29.4 Å². The SMILES string of the molecule is O=C(/C=C/c1ccc(N2CCCS2(=O)=O)cc1)Nc1cccc(C(=O)c2ccccc2)c1. The number of hydrogen-bond acceptors (Lipinski definition) is 4. The molecule has 0 saturated carbocycles. The second-order valence-electron chi connectivity index (χ2n) is 7.43. The van der Waals surface area contributed by atoms with Crippen molar-refractivity contribution in [3.63, 3.8) is 0 Å². The van der Waals surface area contributed by atoms with Crippen molar-refractivity contribution >= 4 is 39.2 Å². The number of carbonyl (C=O) groups excluding carboxylic acids is 2. The maximum absolute atomic E-state index is 12.6. The van der Waals surface area contributed by atoms with Gasteiger partial charge < -0.3 is 5.32 Å². The predicted molar refractivity (Wildman–Crippen MR) is 126 cm³/mol. The van der Waals surface area contributed by atoms with Crippen molar-refractivity contribution in [2.75, 3.05) is 21.9 Å². The third-order valence-electron chi connectivity index (χ3n) is 5.14. The molecule has 1 heterocycles. The molecule has 0 unspecified atom stereocenters. The van der Waals surface area contributed by atoms with Crippen molar-refractivity contribution in [2.45, 2.75) is 6.42 Å². The Kier molecular flexibility index (Phi) is 6.18. The van der Waals surface area contributed by atoms with E-state index in [0.717, 1.165) is 5.56 Å². The van der Waals surface area contributed by atoms with E-state index < -0.39 is 10.0 Å². The van der Waals surface area contributed by atoms with Gasteiger partial charge in [0.15, 0.2) is 5.78 Å². The van der Waals surface area contributed by atoms with Gasteiger partial charge >= 0.3 is 0 Å². The molecule has 0 radical (unpaired) electrons. The summed E-state index contributed by atoms with van der Waals surface area (Å²) in [5.41, 5.74) is 3.00. The molecule has 0 atom stereocenters. The molecule has 3 aromatic carbocycles. The van der Waals surface area contributed by atoms with Crippen LogP contribution >= 0.6 is 0 Å². The number of nitrogens with zero attached hydrogens (tertiary/aromatic N) is 1. The number of nitrogens with one attached hydrogen (secondary N) is 1. The topological polar surface area (TPSA) is 83.6 Å². The highest BCUT2D eigenvalue weighted by Crippen LogP contribution is 2.24. The zero-order chi connectivity index (χ0) is 22.6. The van der Waals surface area contributed by atoms with E-state index in [4.69, 9.17) is 0 Å². The van der Waals surface area contributed by atoms with Crippen LogP contribution in [0.2, 0.25) is 0 Å². The van der Waals surface area contributed by atoms with E-state index in [1.165, 1.54) is 10.4 Å². The van der Waals surface area contributed by atoms with Gasteiger partial charge in [-0.2, -0.15) is 0 Å². The summed E-state index contributed by atoms with van der Waals surface area (Å²) in [5.74, 6) is -0.273. The fourth-order valence-corrected chi connectivity index (χ4v) is 5.10. The van der Waals surface area contributed by atoms with Crippen molar-refractivity contribution in [3.05, 3.63) is 102 Å². The number of anilines is 2. The van der Waals surface area contributed by atoms with Gasteiger partial charge in [-0.25, -0.2) is 8.42 Å². The minimum Gasteiger partial charge on any atom is -0.322 e. The first-order valence-electron chi connectivity index (χ1n) is 10.2. The predicted octanol–water partition coefficient (Wildman–Crippen LogP) is 4.11. The molecule has 1 aliphatic heterocycles. The fourth-order valence-electron chi connectivity index (χ4n) is 3.53. The molecule has 1 aliphatic rings. The summed E-state index contributed by atoms with van der Waals surface area (Å²) in [6, 6.07) is 22.8. The first-order chi connectivity index (χ1) is 15.4. The van der Waals surface area contributed by atoms with Crippen molar-refractivity contribution in [1.29, 1.82) is 0 Å². The molecule has 0 aromatic heterocycles. The summed E-state index contributed by atoms with van der Waals surface area (Å²) < 4.78 is 25.5. The lowest BCUT2D eigenvalue weighted by Gasteiger charge is -2.16. The molecular weight excluding hydrogens is 424 g/mol.